The molecule has 0 aliphatic heterocycles. The van der Waals surface area contributed by atoms with Crippen molar-refractivity contribution in [2.75, 3.05) is 20.3 Å². The summed E-state index contributed by atoms with van der Waals surface area (Å²) in [6, 6.07) is 3.17. The van der Waals surface area contributed by atoms with Gasteiger partial charge in [-0.3, -0.25) is 4.57 Å². The average Bonchev–Trinajstić information content (AvgIpc) is 2.78. The summed E-state index contributed by atoms with van der Waals surface area (Å²) in [6.07, 6.45) is 0. The third-order valence-corrected chi connectivity index (χ3v) is 4.23. The largest absolute Gasteiger partial charge is 0.460 e. The van der Waals surface area contributed by atoms with E-state index in [1.165, 1.54) is 13.2 Å². The first kappa shape index (κ1) is 15.4. The van der Waals surface area contributed by atoms with Gasteiger partial charge in [-0.2, -0.15) is 0 Å². The zero-order valence-corrected chi connectivity index (χ0v) is 11.7. The highest BCUT2D eigenvalue weighted by Gasteiger charge is 2.37. The molecule has 0 spiro atoms. The van der Waals surface area contributed by atoms with Gasteiger partial charge in [-0.1, -0.05) is 0 Å². The molecular formula is C11H19O6P. The molecule has 104 valence electrons. The molecule has 1 aromatic rings. The molecule has 1 N–H and O–H groups in total. The van der Waals surface area contributed by atoms with Crippen molar-refractivity contribution in [3.63, 3.8) is 0 Å². The first-order valence-corrected chi connectivity index (χ1v) is 7.33. The summed E-state index contributed by atoms with van der Waals surface area (Å²) in [5.41, 5.74) is 0. The predicted molar refractivity (Wildman–Crippen MR) is 65.2 cm³/mol. The molecule has 0 bridgehead atoms. The van der Waals surface area contributed by atoms with Crippen LogP contribution in [0.25, 0.3) is 0 Å². The Kier molecular flexibility index (Phi) is 6.05. The number of methoxy groups -OCH3 is 1. The Bertz CT molecular complexity index is 392. The minimum Gasteiger partial charge on any atom is -0.460 e. The lowest BCUT2D eigenvalue weighted by Crippen LogP contribution is -2.05. The van der Waals surface area contributed by atoms with E-state index >= 15 is 0 Å². The number of furan rings is 1. The second kappa shape index (κ2) is 7.07. The molecule has 1 rings (SSSR count). The molecule has 1 atom stereocenters. The molecule has 0 fully saturated rings. The van der Waals surface area contributed by atoms with Gasteiger partial charge in [0.1, 0.15) is 18.1 Å². The van der Waals surface area contributed by atoms with Crippen LogP contribution in [-0.4, -0.2) is 25.4 Å². The molecule has 0 aliphatic carbocycles. The van der Waals surface area contributed by atoms with Crippen LogP contribution in [0.3, 0.4) is 0 Å². The van der Waals surface area contributed by atoms with Crippen LogP contribution in [-0.2, 0) is 25.0 Å². The van der Waals surface area contributed by atoms with Crippen molar-refractivity contribution >= 4 is 7.60 Å². The van der Waals surface area contributed by atoms with Crippen molar-refractivity contribution < 1.29 is 27.9 Å². The Labute approximate surface area is 106 Å². The highest BCUT2D eigenvalue weighted by Crippen LogP contribution is 2.59. The molecule has 6 nitrogen and oxygen atoms in total. The second-order valence-corrected chi connectivity index (χ2v) is 5.57. The fraction of sp³-hybridized carbons (Fsp3) is 0.636. The summed E-state index contributed by atoms with van der Waals surface area (Å²) in [5, 5.41) is 10.0. The molecule has 1 heterocycles. The Hall–Kier alpha value is -0.650. The maximum atomic E-state index is 12.3. The normalized spacial score (nSPS) is 13.8. The lowest BCUT2D eigenvalue weighted by Gasteiger charge is -2.20. The zero-order valence-electron chi connectivity index (χ0n) is 10.8. The lowest BCUT2D eigenvalue weighted by atomic mass is 10.4. The van der Waals surface area contributed by atoms with Crippen LogP contribution in [0.15, 0.2) is 16.5 Å². The van der Waals surface area contributed by atoms with E-state index in [9.17, 15) is 9.67 Å². The molecule has 0 saturated carbocycles. The van der Waals surface area contributed by atoms with E-state index < -0.39 is 13.4 Å². The number of hydrogen-bond donors (Lipinski definition) is 1. The molecule has 18 heavy (non-hydrogen) atoms. The number of aliphatic hydroxyl groups excluding tert-OH is 1. The summed E-state index contributed by atoms with van der Waals surface area (Å²) in [5.74, 6) is -0.749. The standard InChI is InChI=1S/C11H19O6P/c1-4-15-18(13,16-5-2)11(12)10-7-6-9(17-10)8-14-3/h6-7,11-12H,4-5,8H2,1-3H3. The summed E-state index contributed by atoms with van der Waals surface area (Å²) < 4.78 is 32.6. The molecule has 1 unspecified atom stereocenters. The van der Waals surface area contributed by atoms with E-state index in [2.05, 4.69) is 0 Å². The molecule has 0 aliphatic rings. The molecule has 7 heteroatoms. The highest BCUT2D eigenvalue weighted by atomic mass is 31.2. The molecular weight excluding hydrogens is 259 g/mol. The van der Waals surface area contributed by atoms with Gasteiger partial charge in [0.15, 0.2) is 0 Å². The molecule has 0 saturated heterocycles. The number of hydrogen-bond acceptors (Lipinski definition) is 6. The van der Waals surface area contributed by atoms with E-state index in [1.54, 1.807) is 19.9 Å². The van der Waals surface area contributed by atoms with Crippen LogP contribution in [0.5, 0.6) is 0 Å². The minimum atomic E-state index is -3.62. The van der Waals surface area contributed by atoms with Crippen LogP contribution in [0.2, 0.25) is 0 Å². The number of aliphatic hydroxyl groups is 1. The Morgan fingerprint density at radius 2 is 1.94 bits per heavy atom. The second-order valence-electron chi connectivity index (χ2n) is 3.49. The van der Waals surface area contributed by atoms with Crippen LogP contribution in [0.4, 0.5) is 0 Å². The van der Waals surface area contributed by atoms with Crippen molar-refractivity contribution in [1.29, 1.82) is 0 Å². The van der Waals surface area contributed by atoms with Gasteiger partial charge in [-0.05, 0) is 26.0 Å². The molecule has 0 radical (unpaired) electrons. The lowest BCUT2D eigenvalue weighted by molar-refractivity contribution is 0.128. The topological polar surface area (TPSA) is 78.1 Å². The Morgan fingerprint density at radius 3 is 2.44 bits per heavy atom. The third-order valence-electron chi connectivity index (χ3n) is 2.14. The quantitative estimate of drug-likeness (QED) is 0.736. The van der Waals surface area contributed by atoms with Gasteiger partial charge < -0.3 is 23.3 Å². The van der Waals surface area contributed by atoms with E-state index in [1.807, 2.05) is 0 Å². The monoisotopic (exact) mass is 278 g/mol. The number of ether oxygens (including phenoxy) is 1. The van der Waals surface area contributed by atoms with Gasteiger partial charge in [0, 0.05) is 7.11 Å². The van der Waals surface area contributed by atoms with E-state index in [0.717, 1.165) is 0 Å². The first-order valence-electron chi connectivity index (χ1n) is 5.71. The maximum absolute atomic E-state index is 12.3. The van der Waals surface area contributed by atoms with E-state index in [0.29, 0.717) is 5.76 Å². The third kappa shape index (κ3) is 3.67. The van der Waals surface area contributed by atoms with Gasteiger partial charge >= 0.3 is 7.60 Å². The van der Waals surface area contributed by atoms with Gasteiger partial charge in [-0.25, -0.2) is 0 Å². The summed E-state index contributed by atoms with van der Waals surface area (Å²) in [7, 11) is -2.09. The van der Waals surface area contributed by atoms with Crippen LogP contribution in [0.1, 0.15) is 31.2 Å². The van der Waals surface area contributed by atoms with Crippen molar-refractivity contribution in [3.8, 4) is 0 Å². The summed E-state index contributed by atoms with van der Waals surface area (Å²) in [4.78, 5) is 0. The average molecular weight is 278 g/mol. The van der Waals surface area contributed by atoms with Gasteiger partial charge in [-0.15, -0.1) is 0 Å². The number of rotatable bonds is 8. The fourth-order valence-corrected chi connectivity index (χ4v) is 2.97. The van der Waals surface area contributed by atoms with E-state index in [4.69, 9.17) is 18.2 Å². The van der Waals surface area contributed by atoms with Crippen LogP contribution < -0.4 is 0 Å². The van der Waals surface area contributed by atoms with Crippen molar-refractivity contribution in [3.05, 3.63) is 23.7 Å². The predicted octanol–water partition coefficient (Wildman–Crippen LogP) is 2.68. The minimum absolute atomic E-state index is 0.146. The molecule has 1 aromatic heterocycles. The van der Waals surface area contributed by atoms with Gasteiger partial charge in [0.2, 0.25) is 5.85 Å². The van der Waals surface area contributed by atoms with E-state index in [-0.39, 0.29) is 25.6 Å². The smallest absolute Gasteiger partial charge is 0.366 e. The SMILES string of the molecule is CCOP(=O)(OCC)C(O)c1ccc(COC)o1. The van der Waals surface area contributed by atoms with Crippen LogP contribution >= 0.6 is 7.60 Å². The fourth-order valence-electron chi connectivity index (χ4n) is 1.45. The van der Waals surface area contributed by atoms with Crippen molar-refractivity contribution in [2.45, 2.75) is 26.3 Å². The Balaban J connectivity index is 2.87. The zero-order chi connectivity index (χ0) is 13.6. The first-order chi connectivity index (χ1) is 8.57. The molecule has 0 amide bonds. The van der Waals surface area contributed by atoms with Crippen LogP contribution in [0, 0.1) is 0 Å². The van der Waals surface area contributed by atoms with Crippen molar-refractivity contribution in [2.24, 2.45) is 0 Å². The summed E-state index contributed by atoms with van der Waals surface area (Å²) in [6.45, 7) is 3.99. The van der Waals surface area contributed by atoms with Crippen molar-refractivity contribution in [1.82, 2.24) is 0 Å². The highest BCUT2D eigenvalue weighted by molar-refractivity contribution is 7.54. The summed E-state index contributed by atoms with van der Waals surface area (Å²) >= 11 is 0. The molecule has 0 aromatic carbocycles. The maximum Gasteiger partial charge on any atom is 0.366 e. The Morgan fingerprint density at radius 1 is 1.33 bits per heavy atom. The van der Waals surface area contributed by atoms with Gasteiger partial charge in [0.05, 0.1) is 13.2 Å². The van der Waals surface area contributed by atoms with Gasteiger partial charge in [0.25, 0.3) is 0 Å².